The van der Waals surface area contributed by atoms with E-state index in [9.17, 15) is 57.0 Å². The van der Waals surface area contributed by atoms with Gasteiger partial charge in [-0.1, -0.05) is 75.8 Å². The summed E-state index contributed by atoms with van der Waals surface area (Å²) in [7, 11) is -3.66. The first-order valence-corrected chi connectivity index (χ1v) is 26.6. The second-order valence-corrected chi connectivity index (χ2v) is 19.4. The quantitative estimate of drug-likeness (QED) is 0.0461. The van der Waals surface area contributed by atoms with Crippen molar-refractivity contribution in [2.24, 2.45) is 0 Å². The summed E-state index contributed by atoms with van der Waals surface area (Å²) in [6.07, 6.45) is 14.5. The highest BCUT2D eigenvalue weighted by molar-refractivity contribution is 7.92. The van der Waals surface area contributed by atoms with Gasteiger partial charge in [-0.2, -0.15) is 5.21 Å². The highest BCUT2D eigenvalue weighted by Crippen LogP contribution is 2.14. The van der Waals surface area contributed by atoms with Gasteiger partial charge in [-0.3, -0.25) is 28.8 Å². The van der Waals surface area contributed by atoms with Crippen molar-refractivity contribution < 1.29 is 71.2 Å². The topological polar surface area (TPSA) is 341 Å². The van der Waals surface area contributed by atoms with Crippen molar-refractivity contribution in [3.8, 4) is 0 Å². The lowest BCUT2D eigenvalue weighted by molar-refractivity contribution is -0.143. The number of carboxylic acid groups (broad SMARTS) is 2. The van der Waals surface area contributed by atoms with Gasteiger partial charge in [-0.05, 0) is 45.4 Å². The van der Waals surface area contributed by atoms with Gasteiger partial charge in [0.05, 0.1) is 45.4 Å². The molecule has 400 valence electrons. The largest absolute Gasteiger partial charge is 0.480 e. The number of carbonyl (C=O) groups is 8. The molecule has 0 aliphatic heterocycles. The van der Waals surface area contributed by atoms with Crippen LogP contribution in [0.25, 0.3) is 0 Å². The molecule has 0 saturated heterocycles. The molecule has 2 atom stereocenters. The van der Waals surface area contributed by atoms with Crippen LogP contribution in [0.4, 0.5) is 0 Å². The fourth-order valence-electron chi connectivity index (χ4n) is 6.95. The van der Waals surface area contributed by atoms with Crippen LogP contribution in [-0.4, -0.2) is 163 Å². The van der Waals surface area contributed by atoms with Crippen LogP contribution >= 0.6 is 0 Å². The number of ether oxygens (including phenoxy) is 3. The lowest BCUT2D eigenvalue weighted by Crippen LogP contribution is -2.44. The maximum absolute atomic E-state index is 12.5. The Balaban J connectivity index is 2.11. The zero-order chi connectivity index (χ0) is 51.7. The Labute approximate surface area is 412 Å². The van der Waals surface area contributed by atoms with E-state index in [0.29, 0.717) is 39.3 Å². The molecule has 1 aromatic heterocycles. The Morgan fingerprint density at radius 2 is 1.01 bits per heavy atom. The molecule has 0 saturated carbocycles. The van der Waals surface area contributed by atoms with E-state index in [0.717, 1.165) is 44.3 Å². The van der Waals surface area contributed by atoms with Crippen molar-refractivity contribution in [3.05, 3.63) is 5.82 Å². The molecular formula is C46H80N8O15S. The van der Waals surface area contributed by atoms with Crippen molar-refractivity contribution in [1.29, 1.82) is 0 Å². The Bertz CT molecular complexity index is 1770. The lowest BCUT2D eigenvalue weighted by Gasteiger charge is -2.17. The number of Topliss-reactive ketones (excluding diaryl/α,β-unsaturated/α-hetero) is 2. The van der Waals surface area contributed by atoms with E-state index in [1.807, 2.05) is 0 Å². The Kier molecular flexibility index (Phi) is 36.7. The fraction of sp³-hybridized carbons (Fsp3) is 0.804. The number of rotatable bonds is 48. The number of amides is 4. The molecule has 2 unspecified atom stereocenters. The van der Waals surface area contributed by atoms with Gasteiger partial charge in [0.15, 0.2) is 15.7 Å². The number of carbonyl (C=O) groups excluding carboxylic acids is 6. The number of aryl methyl sites for hydroxylation is 1. The third kappa shape index (κ3) is 37.9. The average molecular weight is 1020 g/mol. The number of aromatic amines is 1. The van der Waals surface area contributed by atoms with E-state index in [-0.39, 0.29) is 95.0 Å². The van der Waals surface area contributed by atoms with Gasteiger partial charge in [0.1, 0.15) is 29.4 Å². The lowest BCUT2D eigenvalue weighted by atomic mass is 10.0. The summed E-state index contributed by atoms with van der Waals surface area (Å²) in [6.45, 7) is 3.47. The number of aliphatic carboxylic acids is 2. The van der Waals surface area contributed by atoms with Crippen LogP contribution in [-0.2, 0) is 68.8 Å². The zero-order valence-corrected chi connectivity index (χ0v) is 42.0. The van der Waals surface area contributed by atoms with E-state index in [4.69, 9.17) is 14.2 Å². The maximum atomic E-state index is 12.5. The summed E-state index contributed by atoms with van der Waals surface area (Å²) in [5.41, 5.74) is 0. The number of H-pyrrole nitrogens is 1. The Morgan fingerprint density at radius 3 is 1.56 bits per heavy atom. The smallest absolute Gasteiger partial charge is 0.326 e. The third-order valence-corrected chi connectivity index (χ3v) is 12.6. The first-order chi connectivity index (χ1) is 33.6. The number of nitrogens with zero attached hydrogens (tertiary/aromatic N) is 3. The van der Waals surface area contributed by atoms with Gasteiger partial charge >= 0.3 is 11.9 Å². The monoisotopic (exact) mass is 1020 g/mol. The minimum Gasteiger partial charge on any atom is -0.480 e. The number of hydrogen-bond acceptors (Lipinski definition) is 16. The first-order valence-electron chi connectivity index (χ1n) is 24.8. The summed E-state index contributed by atoms with van der Waals surface area (Å²) in [5.74, 6) is -5.53. The number of tetrazole rings is 1. The van der Waals surface area contributed by atoms with Gasteiger partial charge in [0.2, 0.25) is 23.6 Å². The molecule has 70 heavy (non-hydrogen) atoms. The van der Waals surface area contributed by atoms with Crippen molar-refractivity contribution in [3.63, 3.8) is 0 Å². The standard InChI is InChI=1S/C46H80N8O15S/c1-36(55)25-28-67-30-32-69-33-31-68-29-27-48-42(58)23-21-38(45(61)62)50-44(60)24-22-39(46(63)64)49-43(59)19-15-26-47-41(57)20-16-34-70(65,66)35-37(56)17-13-11-9-7-5-3-2-4-6-8-10-12-14-18-40-51-53-54-52-40/h38-39H,2-35H2,1H3,(H,47,57)(H,48,58)(H,49,59)(H,50,60)(H,61,62)(H,63,64)(H,51,52,53,54). The summed E-state index contributed by atoms with van der Waals surface area (Å²) in [6, 6.07) is -2.88. The molecule has 0 radical (unpaired) electrons. The molecule has 0 fully saturated rings. The van der Waals surface area contributed by atoms with Crippen LogP contribution in [0, 0.1) is 0 Å². The number of hydrogen-bond donors (Lipinski definition) is 7. The van der Waals surface area contributed by atoms with Crippen molar-refractivity contribution in [2.75, 3.05) is 64.2 Å². The zero-order valence-electron chi connectivity index (χ0n) is 41.1. The van der Waals surface area contributed by atoms with Crippen LogP contribution in [0.3, 0.4) is 0 Å². The average Bonchev–Trinajstić information content (AvgIpc) is 3.82. The second kappa shape index (κ2) is 40.8. The van der Waals surface area contributed by atoms with Crippen molar-refractivity contribution in [1.82, 2.24) is 41.9 Å². The number of sulfone groups is 1. The van der Waals surface area contributed by atoms with E-state index in [1.54, 1.807) is 0 Å². The molecular weight excluding hydrogens is 937 g/mol. The van der Waals surface area contributed by atoms with Crippen LogP contribution in [0.2, 0.25) is 0 Å². The van der Waals surface area contributed by atoms with Crippen LogP contribution in [0.5, 0.6) is 0 Å². The molecule has 4 amide bonds. The van der Waals surface area contributed by atoms with E-state index in [2.05, 4.69) is 41.9 Å². The van der Waals surface area contributed by atoms with Gasteiger partial charge in [-0.25, -0.2) is 18.0 Å². The highest BCUT2D eigenvalue weighted by atomic mass is 32.2. The second-order valence-electron chi connectivity index (χ2n) is 17.2. The maximum Gasteiger partial charge on any atom is 0.326 e. The highest BCUT2D eigenvalue weighted by Gasteiger charge is 2.25. The van der Waals surface area contributed by atoms with Crippen molar-refractivity contribution in [2.45, 2.75) is 173 Å². The SMILES string of the molecule is CC(=O)CCOCCOCCOCCNC(=O)CCC(NC(=O)CCC(NC(=O)CCCNC(=O)CCCS(=O)(=O)CC(=O)CCCCCCCCCCCCCCCc1nn[nH]n1)C(=O)O)C(=O)O. The predicted octanol–water partition coefficient (Wildman–Crippen LogP) is 2.71. The number of unbranched alkanes of at least 4 members (excludes halogenated alkanes) is 12. The molecule has 1 rings (SSSR count). The summed E-state index contributed by atoms with van der Waals surface area (Å²) >= 11 is 0. The van der Waals surface area contributed by atoms with Gasteiger partial charge < -0.3 is 45.7 Å². The minimum absolute atomic E-state index is 0.0267. The van der Waals surface area contributed by atoms with Crippen LogP contribution < -0.4 is 21.3 Å². The molecule has 7 N–H and O–H groups in total. The molecule has 0 aromatic carbocycles. The number of nitrogens with one attached hydrogen (secondary N) is 5. The summed E-state index contributed by atoms with van der Waals surface area (Å²) in [5, 5.41) is 42.8. The molecule has 1 heterocycles. The summed E-state index contributed by atoms with van der Waals surface area (Å²) < 4.78 is 40.9. The molecule has 0 aliphatic carbocycles. The molecule has 0 spiro atoms. The Morgan fingerprint density at radius 1 is 0.543 bits per heavy atom. The van der Waals surface area contributed by atoms with E-state index in [1.165, 1.54) is 51.9 Å². The van der Waals surface area contributed by atoms with Gasteiger partial charge in [-0.15, -0.1) is 10.2 Å². The molecule has 1 aromatic rings. The molecule has 0 aliphatic rings. The minimum atomic E-state index is -3.66. The predicted molar refractivity (Wildman–Crippen MR) is 256 cm³/mol. The number of carboxylic acids is 2. The molecule has 23 nitrogen and oxygen atoms in total. The molecule has 0 bridgehead atoms. The van der Waals surface area contributed by atoms with Gasteiger partial charge in [0, 0.05) is 58.0 Å². The van der Waals surface area contributed by atoms with Crippen molar-refractivity contribution >= 4 is 57.0 Å². The third-order valence-electron chi connectivity index (χ3n) is 10.9. The van der Waals surface area contributed by atoms with E-state index < -0.39 is 69.7 Å². The number of ketones is 2. The number of aromatic nitrogens is 4. The fourth-order valence-corrected chi connectivity index (χ4v) is 8.32. The van der Waals surface area contributed by atoms with Crippen LogP contribution in [0.1, 0.15) is 160 Å². The summed E-state index contributed by atoms with van der Waals surface area (Å²) in [4.78, 5) is 96.0. The normalized spacial score (nSPS) is 12.2. The molecule has 24 heteroatoms. The Hall–Kier alpha value is -4.94. The van der Waals surface area contributed by atoms with Crippen LogP contribution in [0.15, 0.2) is 0 Å². The van der Waals surface area contributed by atoms with Gasteiger partial charge in [0.25, 0.3) is 0 Å². The first kappa shape index (κ1) is 63.1. The van der Waals surface area contributed by atoms with E-state index >= 15 is 0 Å².